The maximum Gasteiger partial charge on any atom is 0.0429 e. The fourth-order valence-corrected chi connectivity index (χ4v) is 2.15. The Morgan fingerprint density at radius 1 is 1.55 bits per heavy atom. The lowest BCUT2D eigenvalue weighted by Gasteiger charge is -2.14. The van der Waals surface area contributed by atoms with Crippen molar-refractivity contribution in [2.45, 2.75) is 33.1 Å². The molecule has 0 amide bonds. The average Bonchev–Trinajstić information content (AvgIpc) is 2.41. The Hall–Kier alpha value is -0.590. The lowest BCUT2D eigenvalue weighted by Crippen LogP contribution is -2.05. The average molecular weight is 149 g/mol. The third-order valence-corrected chi connectivity index (χ3v) is 2.84. The highest BCUT2D eigenvalue weighted by Gasteiger charge is 2.28. The maximum atomic E-state index is 4.46. The first-order valence-corrected chi connectivity index (χ1v) is 4.53. The van der Waals surface area contributed by atoms with Crippen LogP contribution in [0.1, 0.15) is 33.1 Å². The van der Waals surface area contributed by atoms with E-state index in [2.05, 4.69) is 25.1 Å². The number of allylic oxidation sites excluding steroid dienone is 2. The summed E-state index contributed by atoms with van der Waals surface area (Å²) in [6, 6.07) is 0. The molecule has 0 saturated carbocycles. The van der Waals surface area contributed by atoms with Gasteiger partial charge in [0.25, 0.3) is 0 Å². The first-order valence-electron chi connectivity index (χ1n) is 4.53. The van der Waals surface area contributed by atoms with E-state index in [0.717, 1.165) is 18.3 Å². The molecule has 0 N–H and O–H groups in total. The summed E-state index contributed by atoms with van der Waals surface area (Å²) in [7, 11) is 0. The van der Waals surface area contributed by atoms with Gasteiger partial charge in [0.1, 0.15) is 0 Å². The summed E-state index contributed by atoms with van der Waals surface area (Å²) in [5, 5.41) is 0. The van der Waals surface area contributed by atoms with Crippen molar-refractivity contribution in [3.8, 4) is 0 Å². The number of hydrogen-bond donors (Lipinski definition) is 0. The summed E-state index contributed by atoms with van der Waals surface area (Å²) in [6.07, 6.45) is 5.86. The summed E-state index contributed by atoms with van der Waals surface area (Å²) in [5.41, 5.74) is 3.05. The first-order chi connectivity index (χ1) is 5.29. The molecule has 1 aliphatic carbocycles. The lowest BCUT2D eigenvalue weighted by molar-refractivity contribution is 0.437. The molecular weight excluding hydrogens is 134 g/mol. The highest BCUT2D eigenvalue weighted by Crippen LogP contribution is 2.40. The summed E-state index contributed by atoms with van der Waals surface area (Å²) < 4.78 is 0. The van der Waals surface area contributed by atoms with Gasteiger partial charge in [0, 0.05) is 24.3 Å². The summed E-state index contributed by atoms with van der Waals surface area (Å²) in [5.74, 6) is 1.54. The molecule has 1 nitrogen and oxygen atoms in total. The topological polar surface area (TPSA) is 12.4 Å². The molecule has 11 heavy (non-hydrogen) atoms. The standard InChI is InChI=1S/C10H15N/c1-7(2)9-4-3-8-5-6-11-10(8)9/h6-7,9H,3-5H2,1-2H3/t9-/m1/s1. The zero-order valence-corrected chi connectivity index (χ0v) is 7.30. The zero-order chi connectivity index (χ0) is 7.84. The molecule has 1 heteroatoms. The Bertz CT molecular complexity index is 223. The van der Waals surface area contributed by atoms with Crippen molar-refractivity contribution in [3.63, 3.8) is 0 Å². The van der Waals surface area contributed by atoms with E-state index in [9.17, 15) is 0 Å². The van der Waals surface area contributed by atoms with E-state index in [0.29, 0.717) is 0 Å². The van der Waals surface area contributed by atoms with Crippen molar-refractivity contribution in [2.24, 2.45) is 16.8 Å². The molecular formula is C10H15N. The van der Waals surface area contributed by atoms with Crippen molar-refractivity contribution in [2.75, 3.05) is 0 Å². The minimum atomic E-state index is 0.767. The van der Waals surface area contributed by atoms with E-state index in [1.54, 1.807) is 5.57 Å². The van der Waals surface area contributed by atoms with Crippen LogP contribution in [-0.2, 0) is 0 Å². The molecule has 0 fully saturated rings. The highest BCUT2D eigenvalue weighted by atomic mass is 14.8. The van der Waals surface area contributed by atoms with Gasteiger partial charge in [-0.25, -0.2) is 0 Å². The van der Waals surface area contributed by atoms with Gasteiger partial charge in [0.2, 0.25) is 0 Å². The molecule has 1 atom stereocenters. The third kappa shape index (κ3) is 1.03. The van der Waals surface area contributed by atoms with Crippen LogP contribution in [0.5, 0.6) is 0 Å². The third-order valence-electron chi connectivity index (χ3n) is 2.84. The van der Waals surface area contributed by atoms with Crippen LogP contribution >= 0.6 is 0 Å². The van der Waals surface area contributed by atoms with Gasteiger partial charge < -0.3 is 0 Å². The summed E-state index contributed by atoms with van der Waals surface area (Å²) >= 11 is 0. The largest absolute Gasteiger partial charge is 0.265 e. The van der Waals surface area contributed by atoms with Gasteiger partial charge in [-0.05, 0) is 24.3 Å². The molecule has 0 spiro atoms. The van der Waals surface area contributed by atoms with E-state index in [1.807, 2.05) is 0 Å². The van der Waals surface area contributed by atoms with Crippen LogP contribution in [0, 0.1) is 11.8 Å². The second-order valence-electron chi connectivity index (χ2n) is 3.89. The molecule has 0 aromatic heterocycles. The van der Waals surface area contributed by atoms with Crippen LogP contribution in [0.3, 0.4) is 0 Å². The molecule has 0 saturated heterocycles. The predicted octanol–water partition coefficient (Wildman–Crippen LogP) is 2.78. The van der Waals surface area contributed by atoms with Gasteiger partial charge in [-0.3, -0.25) is 4.99 Å². The zero-order valence-electron chi connectivity index (χ0n) is 7.30. The molecule has 2 aliphatic rings. The van der Waals surface area contributed by atoms with Gasteiger partial charge in [-0.1, -0.05) is 13.8 Å². The Kier molecular flexibility index (Phi) is 1.59. The molecule has 0 aromatic carbocycles. The number of aliphatic imine (C=N–C) groups is 1. The minimum Gasteiger partial charge on any atom is -0.265 e. The van der Waals surface area contributed by atoms with Gasteiger partial charge in [-0.2, -0.15) is 0 Å². The quantitative estimate of drug-likeness (QED) is 0.543. The van der Waals surface area contributed by atoms with E-state index in [4.69, 9.17) is 0 Å². The molecule has 1 aliphatic heterocycles. The highest BCUT2D eigenvalue weighted by molar-refractivity contribution is 5.68. The van der Waals surface area contributed by atoms with Crippen LogP contribution in [0.25, 0.3) is 0 Å². The predicted molar refractivity (Wildman–Crippen MR) is 47.7 cm³/mol. The van der Waals surface area contributed by atoms with E-state index >= 15 is 0 Å². The minimum absolute atomic E-state index is 0.767. The fraction of sp³-hybridized carbons (Fsp3) is 0.700. The second kappa shape index (κ2) is 2.47. The van der Waals surface area contributed by atoms with E-state index < -0.39 is 0 Å². The number of nitrogens with zero attached hydrogens (tertiary/aromatic N) is 1. The molecule has 1 heterocycles. The van der Waals surface area contributed by atoms with Gasteiger partial charge in [-0.15, -0.1) is 0 Å². The fourth-order valence-electron chi connectivity index (χ4n) is 2.15. The first kappa shape index (κ1) is 7.08. The van der Waals surface area contributed by atoms with Gasteiger partial charge in [0.05, 0.1) is 0 Å². The molecule has 60 valence electrons. The van der Waals surface area contributed by atoms with Crippen molar-refractivity contribution < 1.29 is 0 Å². The van der Waals surface area contributed by atoms with Crippen molar-refractivity contribution in [1.82, 2.24) is 0 Å². The lowest BCUT2D eigenvalue weighted by atomic mass is 9.93. The number of rotatable bonds is 1. The van der Waals surface area contributed by atoms with Gasteiger partial charge in [0.15, 0.2) is 0 Å². The smallest absolute Gasteiger partial charge is 0.0429 e. The Morgan fingerprint density at radius 3 is 3.09 bits per heavy atom. The molecule has 0 bridgehead atoms. The van der Waals surface area contributed by atoms with E-state index in [1.165, 1.54) is 18.5 Å². The van der Waals surface area contributed by atoms with Crippen molar-refractivity contribution in [1.29, 1.82) is 0 Å². The van der Waals surface area contributed by atoms with Crippen LogP contribution in [0.15, 0.2) is 16.3 Å². The Labute approximate surface area is 68.2 Å². The second-order valence-corrected chi connectivity index (χ2v) is 3.89. The molecule has 2 rings (SSSR count). The van der Waals surface area contributed by atoms with Crippen LogP contribution in [0.2, 0.25) is 0 Å². The number of hydrogen-bond acceptors (Lipinski definition) is 1. The molecule has 0 unspecified atom stereocenters. The van der Waals surface area contributed by atoms with Crippen molar-refractivity contribution >= 4 is 6.21 Å². The van der Waals surface area contributed by atoms with Crippen LogP contribution in [0.4, 0.5) is 0 Å². The van der Waals surface area contributed by atoms with E-state index in [-0.39, 0.29) is 0 Å². The Morgan fingerprint density at radius 2 is 2.36 bits per heavy atom. The normalized spacial score (nSPS) is 28.8. The maximum absolute atomic E-state index is 4.46. The SMILES string of the molecule is CC(C)[C@H]1CCC2=C1N=CC2. The summed E-state index contributed by atoms with van der Waals surface area (Å²) in [4.78, 5) is 4.46. The van der Waals surface area contributed by atoms with Gasteiger partial charge >= 0.3 is 0 Å². The molecule has 0 radical (unpaired) electrons. The van der Waals surface area contributed by atoms with Crippen LogP contribution < -0.4 is 0 Å². The molecule has 0 aromatic rings. The Balaban J connectivity index is 2.21. The van der Waals surface area contributed by atoms with Crippen LogP contribution in [-0.4, -0.2) is 6.21 Å². The van der Waals surface area contributed by atoms with Crippen molar-refractivity contribution in [3.05, 3.63) is 11.3 Å². The monoisotopic (exact) mass is 149 g/mol. The summed E-state index contributed by atoms with van der Waals surface area (Å²) in [6.45, 7) is 4.60.